The van der Waals surface area contributed by atoms with E-state index in [0.29, 0.717) is 35.4 Å². The summed E-state index contributed by atoms with van der Waals surface area (Å²) in [6, 6.07) is 0. The number of hydrogen-bond acceptors (Lipinski definition) is 1. The van der Waals surface area contributed by atoms with E-state index in [0.717, 1.165) is 5.92 Å². The van der Waals surface area contributed by atoms with Gasteiger partial charge >= 0.3 is 0 Å². The van der Waals surface area contributed by atoms with E-state index in [1.165, 1.54) is 6.42 Å². The summed E-state index contributed by atoms with van der Waals surface area (Å²) in [6.45, 7) is 0. The topological polar surface area (TPSA) is 17.1 Å². The summed E-state index contributed by atoms with van der Waals surface area (Å²) in [5.74, 6) is 4.55. The maximum Gasteiger partial charge on any atom is 0.140 e. The van der Waals surface area contributed by atoms with Crippen molar-refractivity contribution < 1.29 is 4.79 Å². The molecule has 0 amide bonds. The van der Waals surface area contributed by atoms with Crippen LogP contribution >= 0.6 is 23.2 Å². The quantitative estimate of drug-likeness (QED) is 0.581. The van der Waals surface area contributed by atoms with E-state index in [4.69, 9.17) is 23.2 Å². The Morgan fingerprint density at radius 3 is 2.64 bits per heavy atom. The molecule has 8 atom stereocenters. The van der Waals surface area contributed by atoms with Gasteiger partial charge in [-0.15, -0.1) is 23.2 Å². The lowest BCUT2D eigenvalue weighted by molar-refractivity contribution is -0.133. The summed E-state index contributed by atoms with van der Waals surface area (Å²) in [5, 5.41) is 0. The van der Waals surface area contributed by atoms with Crippen molar-refractivity contribution in [2.45, 2.75) is 10.8 Å². The van der Waals surface area contributed by atoms with Crippen LogP contribution in [0.4, 0.5) is 0 Å². The number of halogens is 2. The van der Waals surface area contributed by atoms with Crippen molar-refractivity contribution in [1.29, 1.82) is 0 Å². The van der Waals surface area contributed by atoms with Gasteiger partial charge in [-0.2, -0.15) is 0 Å². The predicted octanol–water partition coefficient (Wildman–Crippen LogP) is 2.12. The van der Waals surface area contributed by atoms with Crippen LogP contribution in [0.2, 0.25) is 0 Å². The van der Waals surface area contributed by atoms with Gasteiger partial charge in [-0.05, 0) is 30.1 Å². The Balaban J connectivity index is 1.87. The molecule has 5 rings (SSSR count). The fraction of sp³-hybridized carbons (Fsp3) is 0.909. The molecule has 74 valence electrons. The fourth-order valence-electron chi connectivity index (χ4n) is 6.07. The summed E-state index contributed by atoms with van der Waals surface area (Å²) in [6.07, 6.45) is 1.25. The highest BCUT2D eigenvalue weighted by Gasteiger charge is 2.87. The zero-order chi connectivity index (χ0) is 9.40. The molecule has 5 aliphatic carbocycles. The molecular formula is C11H10Cl2O. The monoisotopic (exact) mass is 228 g/mol. The molecule has 0 aliphatic heterocycles. The van der Waals surface area contributed by atoms with Gasteiger partial charge in [0.1, 0.15) is 10.1 Å². The van der Waals surface area contributed by atoms with Crippen LogP contribution in [-0.2, 0) is 4.79 Å². The Kier molecular flexibility index (Phi) is 0.909. The molecule has 0 aromatic heterocycles. The number of carbonyl (C=O) groups excluding carboxylic acids is 1. The number of carbonyl (C=O) groups is 1. The van der Waals surface area contributed by atoms with E-state index < -0.39 is 4.33 Å². The first kappa shape index (κ1) is 7.51. The number of hydrogen-bond donors (Lipinski definition) is 0. The number of fused-ring (bicyclic) bond motifs is 2. The molecule has 5 fully saturated rings. The third kappa shape index (κ3) is 0.427. The Labute approximate surface area is 92.1 Å². The zero-order valence-electron chi connectivity index (χ0n) is 7.49. The van der Waals surface area contributed by atoms with Gasteiger partial charge in [-0.25, -0.2) is 0 Å². The van der Waals surface area contributed by atoms with Crippen molar-refractivity contribution in [2.75, 3.05) is 0 Å². The lowest BCUT2D eigenvalue weighted by Gasteiger charge is -2.47. The molecule has 0 aromatic carbocycles. The highest BCUT2D eigenvalue weighted by atomic mass is 35.5. The molecule has 0 heterocycles. The van der Waals surface area contributed by atoms with Gasteiger partial charge in [0.2, 0.25) is 0 Å². The van der Waals surface area contributed by atoms with Crippen LogP contribution in [0.5, 0.6) is 0 Å². The van der Waals surface area contributed by atoms with Gasteiger partial charge in [-0.1, -0.05) is 0 Å². The molecule has 8 unspecified atom stereocenters. The number of alkyl halides is 2. The minimum absolute atomic E-state index is 0.264. The summed E-state index contributed by atoms with van der Waals surface area (Å²) >= 11 is 13.0. The molecule has 0 spiro atoms. The van der Waals surface area contributed by atoms with Gasteiger partial charge in [0, 0.05) is 23.7 Å². The molecule has 1 nitrogen and oxygen atoms in total. The first-order chi connectivity index (χ1) is 6.64. The normalized spacial score (nSPS) is 73.4. The molecule has 0 saturated heterocycles. The smallest absolute Gasteiger partial charge is 0.140 e. The third-order valence-electron chi connectivity index (χ3n) is 6.05. The second kappa shape index (κ2) is 1.69. The maximum absolute atomic E-state index is 12.1. The third-order valence-corrected chi connectivity index (χ3v) is 7.06. The minimum atomic E-state index is -0.541. The Morgan fingerprint density at radius 1 is 1.07 bits per heavy atom. The Hall–Kier alpha value is 0.250. The van der Waals surface area contributed by atoms with E-state index in [1.54, 1.807) is 0 Å². The second-order valence-electron chi connectivity index (χ2n) is 5.90. The van der Waals surface area contributed by atoms with Gasteiger partial charge in [0.25, 0.3) is 0 Å². The van der Waals surface area contributed by atoms with Crippen molar-refractivity contribution in [2.24, 2.45) is 47.3 Å². The summed E-state index contributed by atoms with van der Waals surface area (Å²) in [4.78, 5) is 12.1. The molecule has 2 bridgehead atoms. The molecular weight excluding hydrogens is 219 g/mol. The van der Waals surface area contributed by atoms with Crippen LogP contribution in [-0.4, -0.2) is 10.1 Å². The molecule has 14 heavy (non-hydrogen) atoms. The number of ketones is 1. The van der Waals surface area contributed by atoms with Gasteiger partial charge in [0.15, 0.2) is 0 Å². The van der Waals surface area contributed by atoms with Crippen LogP contribution < -0.4 is 0 Å². The standard InChI is InChI=1S/C11H10Cl2O/c12-11(13)8-3-1-2-4-5(3)9(11)7(4)10(14)6(2)8/h2-9H,1H2. The van der Waals surface area contributed by atoms with Gasteiger partial charge in [-0.3, -0.25) is 4.79 Å². The average molecular weight is 229 g/mol. The summed E-state index contributed by atoms with van der Waals surface area (Å²) < 4.78 is -0.541. The largest absolute Gasteiger partial charge is 0.299 e. The van der Waals surface area contributed by atoms with Crippen molar-refractivity contribution >= 4 is 29.0 Å². The maximum atomic E-state index is 12.1. The first-order valence-corrected chi connectivity index (χ1v) is 6.31. The lowest BCUT2D eigenvalue weighted by Crippen LogP contribution is -2.52. The van der Waals surface area contributed by atoms with Crippen molar-refractivity contribution in [1.82, 2.24) is 0 Å². The Bertz CT molecular complexity index is 391. The van der Waals surface area contributed by atoms with Crippen LogP contribution in [0.25, 0.3) is 0 Å². The van der Waals surface area contributed by atoms with Crippen LogP contribution in [0.3, 0.4) is 0 Å². The van der Waals surface area contributed by atoms with Gasteiger partial charge in [0.05, 0.1) is 0 Å². The van der Waals surface area contributed by atoms with Crippen LogP contribution in [0.1, 0.15) is 6.42 Å². The molecule has 0 aromatic rings. The van der Waals surface area contributed by atoms with E-state index in [9.17, 15) is 4.79 Å². The van der Waals surface area contributed by atoms with E-state index in [2.05, 4.69) is 0 Å². The molecule has 0 radical (unpaired) electrons. The molecule has 5 aliphatic rings. The van der Waals surface area contributed by atoms with E-state index in [-0.39, 0.29) is 11.8 Å². The number of rotatable bonds is 0. The lowest BCUT2D eigenvalue weighted by atomic mass is 9.59. The van der Waals surface area contributed by atoms with Gasteiger partial charge < -0.3 is 0 Å². The Morgan fingerprint density at radius 2 is 1.86 bits per heavy atom. The zero-order valence-corrected chi connectivity index (χ0v) is 9.00. The highest BCUT2D eigenvalue weighted by Crippen LogP contribution is 2.86. The van der Waals surface area contributed by atoms with E-state index in [1.807, 2.05) is 0 Å². The van der Waals surface area contributed by atoms with Crippen LogP contribution in [0, 0.1) is 47.3 Å². The highest BCUT2D eigenvalue weighted by molar-refractivity contribution is 6.49. The van der Waals surface area contributed by atoms with Crippen molar-refractivity contribution in [3.8, 4) is 0 Å². The summed E-state index contributed by atoms with van der Waals surface area (Å²) in [5.41, 5.74) is 0. The minimum Gasteiger partial charge on any atom is -0.299 e. The predicted molar refractivity (Wildman–Crippen MR) is 52.0 cm³/mol. The SMILES string of the molecule is O=C1C2C3CC4C5C3C1C5C(Cl)(Cl)C42. The van der Waals surface area contributed by atoms with Crippen molar-refractivity contribution in [3.05, 3.63) is 0 Å². The number of Topliss-reactive ketones (excluding diaryl/α,β-unsaturated/α-hetero) is 1. The molecule has 5 saturated carbocycles. The summed E-state index contributed by atoms with van der Waals surface area (Å²) in [7, 11) is 0. The fourth-order valence-corrected chi connectivity index (χ4v) is 7.23. The molecule has 3 heteroatoms. The van der Waals surface area contributed by atoms with E-state index >= 15 is 0 Å². The second-order valence-corrected chi connectivity index (χ2v) is 7.34. The van der Waals surface area contributed by atoms with Crippen molar-refractivity contribution in [3.63, 3.8) is 0 Å². The first-order valence-electron chi connectivity index (χ1n) is 5.55. The average Bonchev–Trinajstić information content (AvgIpc) is 2.52. The van der Waals surface area contributed by atoms with Crippen LogP contribution in [0.15, 0.2) is 0 Å². The molecule has 0 N–H and O–H groups in total.